The van der Waals surface area contributed by atoms with Crippen molar-refractivity contribution in [2.24, 2.45) is 0 Å². The number of nitro benzene ring substituents is 1. The normalized spacial score (nSPS) is 13.4. The Bertz CT molecular complexity index is 1170. The minimum absolute atomic E-state index is 0.0641. The molecule has 2 aromatic heterocycles. The Morgan fingerprint density at radius 2 is 1.90 bits per heavy atom. The number of fused-ring (bicyclic) bond motifs is 3. The zero-order valence-corrected chi connectivity index (χ0v) is 16.3. The second kappa shape index (κ2) is 7.90. The molecule has 10 nitrogen and oxygen atoms in total. The van der Waals surface area contributed by atoms with Crippen LogP contribution in [0, 0.1) is 17.0 Å². The monoisotopic (exact) mass is 408 g/mol. The minimum atomic E-state index is -0.658. The molecule has 1 aliphatic heterocycles. The van der Waals surface area contributed by atoms with Crippen molar-refractivity contribution in [3.05, 3.63) is 63.1 Å². The van der Waals surface area contributed by atoms with Crippen molar-refractivity contribution >= 4 is 28.7 Å². The Balaban J connectivity index is 1.57. The molecule has 30 heavy (non-hydrogen) atoms. The number of nitro groups is 1. The lowest BCUT2D eigenvalue weighted by molar-refractivity contribution is -0.384. The van der Waals surface area contributed by atoms with Gasteiger partial charge in [0.25, 0.3) is 17.5 Å². The Morgan fingerprint density at radius 1 is 1.10 bits per heavy atom. The standard InChI is InChI=1S/C20H20N6O4/c1-12-10-15(17-18(21-12)25-9-4-2-3-8-16(25)22-17)20(28)24-23-19(27)13-6-5-7-14(11-13)26(29)30/h5-7,10-11H,2-4,8-9H2,1H3,(H,23,27)(H,24,28). The molecule has 10 heteroatoms. The van der Waals surface area contributed by atoms with Gasteiger partial charge in [-0.3, -0.25) is 30.6 Å². The molecule has 4 rings (SSSR count). The van der Waals surface area contributed by atoms with Gasteiger partial charge in [0, 0.05) is 36.4 Å². The quantitative estimate of drug-likeness (QED) is 0.505. The summed E-state index contributed by atoms with van der Waals surface area (Å²) < 4.78 is 2.06. The number of hydrogen-bond acceptors (Lipinski definition) is 6. The summed E-state index contributed by atoms with van der Waals surface area (Å²) in [5.41, 5.74) is 6.69. The molecule has 3 aromatic rings. The molecule has 0 bridgehead atoms. The highest BCUT2D eigenvalue weighted by molar-refractivity contribution is 6.05. The maximum atomic E-state index is 12.8. The van der Waals surface area contributed by atoms with E-state index in [1.807, 2.05) is 0 Å². The molecule has 2 N–H and O–H groups in total. The summed E-state index contributed by atoms with van der Waals surface area (Å²) in [7, 11) is 0. The summed E-state index contributed by atoms with van der Waals surface area (Å²) >= 11 is 0. The molecule has 0 aliphatic carbocycles. The molecule has 3 heterocycles. The third kappa shape index (κ3) is 3.71. The summed E-state index contributed by atoms with van der Waals surface area (Å²) in [5, 5.41) is 10.9. The van der Waals surface area contributed by atoms with E-state index in [0.29, 0.717) is 22.4 Å². The summed E-state index contributed by atoms with van der Waals surface area (Å²) in [6.45, 7) is 2.61. The first kappa shape index (κ1) is 19.5. The number of non-ortho nitro benzene ring substituents is 1. The number of benzene rings is 1. The van der Waals surface area contributed by atoms with E-state index >= 15 is 0 Å². The van der Waals surface area contributed by atoms with Crippen LogP contribution in [0.1, 0.15) is 51.5 Å². The molecule has 0 radical (unpaired) electrons. The molecule has 0 unspecified atom stereocenters. The largest absolute Gasteiger partial charge is 0.313 e. The second-order valence-electron chi connectivity index (χ2n) is 7.19. The van der Waals surface area contributed by atoms with Gasteiger partial charge in [0.2, 0.25) is 0 Å². The molecule has 0 saturated carbocycles. The number of hydrogen-bond donors (Lipinski definition) is 2. The van der Waals surface area contributed by atoms with Crippen molar-refractivity contribution in [1.82, 2.24) is 25.4 Å². The van der Waals surface area contributed by atoms with Crippen molar-refractivity contribution in [2.75, 3.05) is 0 Å². The van der Waals surface area contributed by atoms with Crippen LogP contribution in [-0.2, 0) is 13.0 Å². The number of nitrogens with one attached hydrogen (secondary N) is 2. The van der Waals surface area contributed by atoms with Crippen molar-refractivity contribution < 1.29 is 14.5 Å². The number of nitrogens with zero attached hydrogens (tertiary/aromatic N) is 4. The van der Waals surface area contributed by atoms with Gasteiger partial charge < -0.3 is 4.57 Å². The SMILES string of the molecule is Cc1cc(C(=O)NNC(=O)c2cccc([N+](=O)[O-])c2)c2nc3n(c2n1)CCCCC3. The Labute approximate surface area is 171 Å². The van der Waals surface area contributed by atoms with Crippen molar-refractivity contribution in [3.8, 4) is 0 Å². The lowest BCUT2D eigenvalue weighted by atomic mass is 10.2. The van der Waals surface area contributed by atoms with Gasteiger partial charge in [0.15, 0.2) is 5.65 Å². The van der Waals surface area contributed by atoms with Crippen LogP contribution in [0.4, 0.5) is 5.69 Å². The van der Waals surface area contributed by atoms with E-state index in [-0.39, 0.29) is 11.3 Å². The molecule has 1 aromatic carbocycles. The van der Waals surface area contributed by atoms with Crippen LogP contribution in [0.5, 0.6) is 0 Å². The molecule has 0 saturated heterocycles. The second-order valence-corrected chi connectivity index (χ2v) is 7.19. The first-order chi connectivity index (χ1) is 14.4. The smallest absolute Gasteiger partial charge is 0.272 e. The fourth-order valence-corrected chi connectivity index (χ4v) is 3.60. The molecule has 2 amide bonds. The van der Waals surface area contributed by atoms with Crippen LogP contribution in [0.15, 0.2) is 30.3 Å². The first-order valence-corrected chi connectivity index (χ1v) is 9.66. The van der Waals surface area contributed by atoms with Gasteiger partial charge >= 0.3 is 0 Å². The Morgan fingerprint density at radius 3 is 2.70 bits per heavy atom. The van der Waals surface area contributed by atoms with Crippen LogP contribution < -0.4 is 10.9 Å². The number of carbonyl (C=O) groups is 2. The Kier molecular flexibility index (Phi) is 5.13. The first-order valence-electron chi connectivity index (χ1n) is 9.66. The van der Waals surface area contributed by atoms with E-state index in [4.69, 9.17) is 0 Å². The van der Waals surface area contributed by atoms with Gasteiger partial charge in [-0.1, -0.05) is 12.5 Å². The molecule has 0 fully saturated rings. The lowest BCUT2D eigenvalue weighted by Gasteiger charge is -2.09. The highest BCUT2D eigenvalue weighted by atomic mass is 16.6. The zero-order chi connectivity index (χ0) is 21.3. The van der Waals surface area contributed by atoms with Crippen molar-refractivity contribution in [1.29, 1.82) is 0 Å². The number of imidazole rings is 1. The highest BCUT2D eigenvalue weighted by Crippen LogP contribution is 2.24. The molecule has 154 valence electrons. The zero-order valence-electron chi connectivity index (χ0n) is 16.3. The number of amides is 2. The van der Waals surface area contributed by atoms with E-state index < -0.39 is 16.7 Å². The van der Waals surface area contributed by atoms with Gasteiger partial charge in [-0.15, -0.1) is 0 Å². The van der Waals surface area contributed by atoms with Crippen LogP contribution in [0.2, 0.25) is 0 Å². The van der Waals surface area contributed by atoms with E-state index in [9.17, 15) is 19.7 Å². The van der Waals surface area contributed by atoms with Gasteiger partial charge in [-0.2, -0.15) is 0 Å². The van der Waals surface area contributed by atoms with E-state index in [0.717, 1.165) is 44.1 Å². The van der Waals surface area contributed by atoms with E-state index in [2.05, 4.69) is 25.4 Å². The molecule has 1 aliphatic rings. The fourth-order valence-electron chi connectivity index (χ4n) is 3.60. The topological polar surface area (TPSA) is 132 Å². The maximum absolute atomic E-state index is 12.8. The summed E-state index contributed by atoms with van der Waals surface area (Å²) in [6, 6.07) is 6.89. The van der Waals surface area contributed by atoms with Crippen molar-refractivity contribution in [3.63, 3.8) is 0 Å². The van der Waals surface area contributed by atoms with Crippen LogP contribution in [0.25, 0.3) is 11.2 Å². The Hall–Kier alpha value is -3.82. The van der Waals surface area contributed by atoms with Gasteiger partial charge in [-0.05, 0) is 31.9 Å². The van der Waals surface area contributed by atoms with Crippen LogP contribution >= 0.6 is 0 Å². The summed E-state index contributed by atoms with van der Waals surface area (Å²) in [4.78, 5) is 44.6. The predicted molar refractivity (Wildman–Crippen MR) is 108 cm³/mol. The lowest BCUT2D eigenvalue weighted by Crippen LogP contribution is -2.41. The predicted octanol–water partition coefficient (Wildman–Crippen LogP) is 2.45. The summed E-state index contributed by atoms with van der Waals surface area (Å²) in [6.07, 6.45) is 4.05. The number of aromatic nitrogens is 3. The number of hydrazine groups is 1. The average Bonchev–Trinajstić information content (AvgIpc) is 2.92. The number of carbonyl (C=O) groups excluding carboxylic acids is 2. The van der Waals surface area contributed by atoms with Gasteiger partial charge in [-0.25, -0.2) is 9.97 Å². The number of pyridine rings is 1. The van der Waals surface area contributed by atoms with E-state index in [1.54, 1.807) is 13.0 Å². The van der Waals surface area contributed by atoms with Gasteiger partial charge in [0.1, 0.15) is 11.3 Å². The highest BCUT2D eigenvalue weighted by Gasteiger charge is 2.21. The molecule has 0 atom stereocenters. The molecular formula is C20H20N6O4. The molecular weight excluding hydrogens is 388 g/mol. The molecule has 0 spiro atoms. The fraction of sp³-hybridized carbons (Fsp3) is 0.300. The van der Waals surface area contributed by atoms with E-state index in [1.165, 1.54) is 18.2 Å². The maximum Gasteiger partial charge on any atom is 0.272 e. The third-order valence-corrected chi connectivity index (χ3v) is 5.05. The van der Waals surface area contributed by atoms with Crippen LogP contribution in [-0.4, -0.2) is 31.3 Å². The number of aryl methyl sites for hydroxylation is 3. The van der Waals surface area contributed by atoms with Crippen molar-refractivity contribution in [2.45, 2.75) is 39.2 Å². The van der Waals surface area contributed by atoms with Gasteiger partial charge in [0.05, 0.1) is 10.5 Å². The third-order valence-electron chi connectivity index (χ3n) is 5.05. The summed E-state index contributed by atoms with van der Waals surface area (Å²) in [5.74, 6) is -0.275. The van der Waals surface area contributed by atoms with Crippen LogP contribution in [0.3, 0.4) is 0 Å². The minimum Gasteiger partial charge on any atom is -0.313 e. The average molecular weight is 408 g/mol. The number of rotatable bonds is 3.